The number of nitrogens with one attached hydrogen (secondary N) is 1. The van der Waals surface area contributed by atoms with Gasteiger partial charge in [0.05, 0.1) is 17.9 Å². The second-order valence-corrected chi connectivity index (χ2v) is 3.96. The van der Waals surface area contributed by atoms with Crippen LogP contribution in [0.1, 0.15) is 23.8 Å². The average molecular weight is 254 g/mol. The molecule has 1 heterocycles. The third kappa shape index (κ3) is 2.99. The Morgan fingerprint density at radius 3 is 2.84 bits per heavy atom. The number of benzene rings is 1. The van der Waals surface area contributed by atoms with Crippen molar-refractivity contribution in [2.75, 3.05) is 0 Å². The maximum absolute atomic E-state index is 11.9. The van der Waals surface area contributed by atoms with E-state index in [1.54, 1.807) is 0 Å². The molecule has 0 fully saturated rings. The van der Waals surface area contributed by atoms with Crippen molar-refractivity contribution in [2.24, 2.45) is 0 Å². The normalized spacial score (nSPS) is 11.6. The van der Waals surface area contributed by atoms with E-state index < -0.39 is 0 Å². The number of hydrogen-bond donors (Lipinski definition) is 1. The highest BCUT2D eigenvalue weighted by Gasteiger charge is 2.14. The van der Waals surface area contributed by atoms with E-state index in [1.165, 1.54) is 11.0 Å². The SMILES string of the molecule is C#CC(CC)NC(=O)c1cnn(-c2ccccc2)n1. The highest BCUT2D eigenvalue weighted by molar-refractivity contribution is 5.92. The molecule has 0 aliphatic heterocycles. The van der Waals surface area contributed by atoms with Crippen LogP contribution in [0, 0.1) is 12.3 Å². The molecule has 0 radical (unpaired) electrons. The van der Waals surface area contributed by atoms with Crippen LogP contribution in [0.15, 0.2) is 36.5 Å². The lowest BCUT2D eigenvalue weighted by Crippen LogP contribution is -2.33. The van der Waals surface area contributed by atoms with Gasteiger partial charge in [-0.1, -0.05) is 31.0 Å². The van der Waals surface area contributed by atoms with Crippen molar-refractivity contribution >= 4 is 5.91 Å². The Hall–Kier alpha value is -2.61. The van der Waals surface area contributed by atoms with Crippen LogP contribution in [-0.4, -0.2) is 26.9 Å². The van der Waals surface area contributed by atoms with Gasteiger partial charge >= 0.3 is 0 Å². The van der Waals surface area contributed by atoms with Gasteiger partial charge in [0.1, 0.15) is 0 Å². The summed E-state index contributed by atoms with van der Waals surface area (Å²) in [6, 6.07) is 9.10. The molecule has 5 nitrogen and oxygen atoms in total. The van der Waals surface area contributed by atoms with Crippen LogP contribution in [0.2, 0.25) is 0 Å². The van der Waals surface area contributed by atoms with Crippen molar-refractivity contribution in [1.82, 2.24) is 20.3 Å². The molecule has 2 rings (SSSR count). The van der Waals surface area contributed by atoms with Gasteiger partial charge < -0.3 is 5.32 Å². The van der Waals surface area contributed by atoms with E-state index >= 15 is 0 Å². The van der Waals surface area contributed by atoms with Crippen LogP contribution in [0.4, 0.5) is 0 Å². The summed E-state index contributed by atoms with van der Waals surface area (Å²) in [5.74, 6) is 2.19. The van der Waals surface area contributed by atoms with Crippen LogP contribution in [0.25, 0.3) is 5.69 Å². The van der Waals surface area contributed by atoms with Gasteiger partial charge in [0.25, 0.3) is 5.91 Å². The molecule has 19 heavy (non-hydrogen) atoms. The molecule has 0 spiro atoms. The predicted molar refractivity (Wildman–Crippen MR) is 71.7 cm³/mol. The highest BCUT2D eigenvalue weighted by Crippen LogP contribution is 2.04. The number of aromatic nitrogens is 3. The minimum absolute atomic E-state index is 0.248. The second kappa shape index (κ2) is 5.83. The minimum atomic E-state index is -0.313. The molecule has 2 aromatic rings. The lowest BCUT2D eigenvalue weighted by molar-refractivity contribution is 0.0939. The van der Waals surface area contributed by atoms with E-state index in [-0.39, 0.29) is 17.6 Å². The number of carbonyl (C=O) groups is 1. The van der Waals surface area contributed by atoms with Crippen molar-refractivity contribution in [2.45, 2.75) is 19.4 Å². The predicted octanol–water partition coefficient (Wildman–Crippen LogP) is 1.41. The molecule has 0 aliphatic rings. The first-order valence-electron chi connectivity index (χ1n) is 5.99. The fraction of sp³-hybridized carbons (Fsp3) is 0.214. The van der Waals surface area contributed by atoms with E-state index in [2.05, 4.69) is 21.4 Å². The highest BCUT2D eigenvalue weighted by atomic mass is 16.2. The number of nitrogens with zero attached hydrogens (tertiary/aromatic N) is 3. The molecule has 0 bridgehead atoms. The maximum Gasteiger partial charge on any atom is 0.274 e. The Balaban J connectivity index is 2.14. The molecule has 0 saturated heterocycles. The molecule has 0 saturated carbocycles. The molecule has 96 valence electrons. The van der Waals surface area contributed by atoms with Crippen molar-refractivity contribution in [3.63, 3.8) is 0 Å². The summed E-state index contributed by atoms with van der Waals surface area (Å²) >= 11 is 0. The molecular formula is C14H14N4O. The fourth-order valence-corrected chi connectivity index (χ4v) is 1.55. The van der Waals surface area contributed by atoms with Crippen molar-refractivity contribution in [3.8, 4) is 18.0 Å². The first-order chi connectivity index (χ1) is 9.24. The van der Waals surface area contributed by atoms with Crippen molar-refractivity contribution in [3.05, 3.63) is 42.2 Å². The second-order valence-electron chi connectivity index (χ2n) is 3.96. The Bertz CT molecular complexity index is 597. The van der Waals surface area contributed by atoms with E-state index in [0.29, 0.717) is 6.42 Å². The molecule has 5 heteroatoms. The van der Waals surface area contributed by atoms with Gasteiger partial charge in [-0.3, -0.25) is 4.79 Å². The van der Waals surface area contributed by atoms with Crippen molar-refractivity contribution < 1.29 is 4.79 Å². The summed E-state index contributed by atoms with van der Waals surface area (Å²) in [7, 11) is 0. The molecule has 1 unspecified atom stereocenters. The topological polar surface area (TPSA) is 59.8 Å². The molecule has 1 aromatic carbocycles. The number of amides is 1. The molecule has 1 amide bonds. The molecule has 1 N–H and O–H groups in total. The lowest BCUT2D eigenvalue weighted by Gasteiger charge is -2.08. The summed E-state index contributed by atoms with van der Waals surface area (Å²) in [6.45, 7) is 1.91. The molecular weight excluding hydrogens is 240 g/mol. The van der Waals surface area contributed by atoms with Gasteiger partial charge in [0, 0.05) is 0 Å². The van der Waals surface area contributed by atoms with Crippen molar-refractivity contribution in [1.29, 1.82) is 0 Å². The van der Waals surface area contributed by atoms with Gasteiger partial charge in [0.2, 0.25) is 0 Å². The fourth-order valence-electron chi connectivity index (χ4n) is 1.55. The lowest BCUT2D eigenvalue weighted by atomic mass is 10.2. The smallest absolute Gasteiger partial charge is 0.274 e. The zero-order chi connectivity index (χ0) is 13.7. The standard InChI is InChI=1S/C14H14N4O/c1-3-11(4-2)16-14(19)13-10-15-18(17-13)12-8-6-5-7-9-12/h1,5-11H,4H2,2H3,(H,16,19). The minimum Gasteiger partial charge on any atom is -0.337 e. The molecule has 1 aromatic heterocycles. The zero-order valence-corrected chi connectivity index (χ0v) is 10.6. The summed E-state index contributed by atoms with van der Waals surface area (Å²) in [5, 5.41) is 10.9. The number of carbonyl (C=O) groups excluding carboxylic acids is 1. The first kappa shape index (κ1) is 12.8. The zero-order valence-electron chi connectivity index (χ0n) is 10.6. The number of rotatable bonds is 4. The number of para-hydroxylation sites is 1. The van der Waals surface area contributed by atoms with E-state index in [0.717, 1.165) is 5.69 Å². The Morgan fingerprint density at radius 2 is 2.21 bits per heavy atom. The molecule has 1 atom stereocenters. The van der Waals surface area contributed by atoms with Crippen LogP contribution >= 0.6 is 0 Å². The largest absolute Gasteiger partial charge is 0.337 e. The van der Waals surface area contributed by atoms with Crippen LogP contribution in [0.5, 0.6) is 0 Å². The monoisotopic (exact) mass is 254 g/mol. The van der Waals surface area contributed by atoms with E-state index in [1.807, 2.05) is 37.3 Å². The third-order valence-corrected chi connectivity index (χ3v) is 2.63. The van der Waals surface area contributed by atoms with E-state index in [9.17, 15) is 4.79 Å². The van der Waals surface area contributed by atoms with Gasteiger partial charge in [0.15, 0.2) is 5.69 Å². The van der Waals surface area contributed by atoms with Crippen LogP contribution in [-0.2, 0) is 0 Å². The first-order valence-corrected chi connectivity index (χ1v) is 5.99. The summed E-state index contributed by atoms with van der Waals surface area (Å²) in [6.07, 6.45) is 7.40. The Labute approximate surface area is 111 Å². The van der Waals surface area contributed by atoms with Gasteiger partial charge in [-0.05, 0) is 18.6 Å². The Morgan fingerprint density at radius 1 is 1.47 bits per heavy atom. The van der Waals surface area contributed by atoms with Crippen LogP contribution in [0.3, 0.4) is 0 Å². The summed E-state index contributed by atoms with van der Waals surface area (Å²) in [5.41, 5.74) is 1.04. The quantitative estimate of drug-likeness (QED) is 0.839. The van der Waals surface area contributed by atoms with Gasteiger partial charge in [-0.2, -0.15) is 9.90 Å². The summed E-state index contributed by atoms with van der Waals surface area (Å²) in [4.78, 5) is 13.3. The third-order valence-electron chi connectivity index (χ3n) is 2.63. The Kier molecular flexibility index (Phi) is 3.94. The summed E-state index contributed by atoms with van der Waals surface area (Å²) < 4.78 is 0. The maximum atomic E-state index is 11.9. The number of hydrogen-bond acceptors (Lipinski definition) is 3. The van der Waals surface area contributed by atoms with E-state index in [4.69, 9.17) is 6.42 Å². The van der Waals surface area contributed by atoms with Gasteiger partial charge in [-0.25, -0.2) is 0 Å². The average Bonchev–Trinajstić information content (AvgIpc) is 2.95. The van der Waals surface area contributed by atoms with Gasteiger partial charge in [-0.15, -0.1) is 11.5 Å². The molecule has 0 aliphatic carbocycles. The number of terminal acetylenes is 1. The van der Waals surface area contributed by atoms with Crippen LogP contribution < -0.4 is 5.32 Å².